The van der Waals surface area contributed by atoms with Gasteiger partial charge in [-0.1, -0.05) is 24.3 Å². The number of halogens is 1. The van der Waals surface area contributed by atoms with Gasteiger partial charge in [0.05, 0.1) is 10.6 Å². The number of nitrogens with one attached hydrogen (secondary N) is 1. The zero-order chi connectivity index (χ0) is 17.9. The second-order valence-corrected chi connectivity index (χ2v) is 7.16. The molecular weight excluding hydrogens is 414 g/mol. The lowest BCUT2D eigenvalue weighted by atomic mass is 10.3. The second kappa shape index (κ2) is 7.19. The predicted molar refractivity (Wildman–Crippen MR) is 105 cm³/mol. The van der Waals surface area contributed by atoms with Crippen molar-refractivity contribution in [2.75, 3.05) is 5.32 Å². The lowest BCUT2D eigenvalue weighted by molar-refractivity contribution is 0.101. The molecule has 0 aliphatic carbocycles. The van der Waals surface area contributed by atoms with Crippen LogP contribution in [-0.2, 0) is 0 Å². The van der Waals surface area contributed by atoms with Gasteiger partial charge in [0.2, 0.25) is 5.82 Å². The molecule has 4 rings (SSSR count). The fourth-order valence-corrected chi connectivity index (χ4v) is 3.28. The summed E-state index contributed by atoms with van der Waals surface area (Å²) in [5, 5.41) is 9.09. The highest BCUT2D eigenvalue weighted by Crippen LogP contribution is 2.25. The van der Waals surface area contributed by atoms with E-state index in [1.54, 1.807) is 34.3 Å². The number of aromatic nitrogens is 4. The van der Waals surface area contributed by atoms with Crippen LogP contribution in [0.4, 0.5) is 5.82 Å². The number of nitrogens with zero attached hydrogens (tertiary/aromatic N) is 4. The van der Waals surface area contributed by atoms with Gasteiger partial charge in [0.1, 0.15) is 5.82 Å². The maximum absolute atomic E-state index is 12.6. The van der Waals surface area contributed by atoms with E-state index in [1.165, 1.54) is 0 Å². The average molecular weight is 426 g/mol. The Morgan fingerprint density at radius 3 is 2.62 bits per heavy atom. The van der Waals surface area contributed by atoms with E-state index >= 15 is 0 Å². The Morgan fingerprint density at radius 2 is 1.92 bits per heavy atom. The van der Waals surface area contributed by atoms with Gasteiger partial charge < -0.3 is 5.32 Å². The summed E-state index contributed by atoms with van der Waals surface area (Å²) >= 11 is 4.86. The summed E-state index contributed by atoms with van der Waals surface area (Å²) in [6.45, 7) is 0. The molecule has 1 aromatic carbocycles. The summed E-state index contributed by atoms with van der Waals surface area (Å²) in [4.78, 5) is 22.1. The fraction of sp³-hybridized carbons (Fsp3) is 0. The molecule has 4 aromatic rings. The van der Waals surface area contributed by atoms with Crippen LogP contribution in [0.1, 0.15) is 10.6 Å². The Morgan fingerprint density at radius 1 is 1.08 bits per heavy atom. The summed E-state index contributed by atoms with van der Waals surface area (Å²) in [5.41, 5.74) is 0.837. The lowest BCUT2D eigenvalue weighted by Crippen LogP contribution is -2.15. The molecule has 6 nitrogen and oxygen atoms in total. The topological polar surface area (TPSA) is 72.7 Å². The molecule has 3 heterocycles. The van der Waals surface area contributed by atoms with Gasteiger partial charge in [0.15, 0.2) is 5.82 Å². The van der Waals surface area contributed by atoms with Gasteiger partial charge in [0, 0.05) is 10.7 Å². The first-order chi connectivity index (χ1) is 12.7. The molecule has 26 heavy (non-hydrogen) atoms. The van der Waals surface area contributed by atoms with E-state index in [-0.39, 0.29) is 5.82 Å². The number of carbonyl (C=O) groups is 1. The van der Waals surface area contributed by atoms with E-state index in [0.717, 1.165) is 15.0 Å². The van der Waals surface area contributed by atoms with E-state index in [9.17, 15) is 4.79 Å². The first-order valence-corrected chi connectivity index (χ1v) is 9.37. The van der Waals surface area contributed by atoms with Gasteiger partial charge in [-0.05, 0) is 51.6 Å². The third-order valence-corrected chi connectivity index (χ3v) is 4.86. The highest BCUT2D eigenvalue weighted by atomic mass is 79.9. The first kappa shape index (κ1) is 16.6. The second-order valence-electron chi connectivity index (χ2n) is 5.30. The molecule has 8 heteroatoms. The zero-order valence-electron chi connectivity index (χ0n) is 13.3. The molecule has 0 saturated heterocycles. The maximum atomic E-state index is 12.6. The normalized spacial score (nSPS) is 10.7. The molecule has 0 bridgehead atoms. The van der Waals surface area contributed by atoms with Crippen molar-refractivity contribution in [3.63, 3.8) is 0 Å². The van der Waals surface area contributed by atoms with Crippen molar-refractivity contribution < 1.29 is 4.79 Å². The minimum absolute atomic E-state index is 0.0852. The molecule has 1 N–H and O–H groups in total. The number of amides is 1. The Labute approximate surface area is 161 Å². The molecule has 0 aliphatic heterocycles. The van der Waals surface area contributed by atoms with E-state index in [4.69, 9.17) is 0 Å². The third kappa shape index (κ3) is 3.42. The summed E-state index contributed by atoms with van der Waals surface area (Å²) in [6.07, 6.45) is 1.61. The van der Waals surface area contributed by atoms with E-state index in [0.29, 0.717) is 11.6 Å². The number of benzene rings is 1. The SMILES string of the molecule is O=C(Nc1ccc(Br)cn1)c1nc(-c2cccs2)n(-c2ccccc2)n1. The third-order valence-electron chi connectivity index (χ3n) is 3.52. The number of rotatable bonds is 4. The van der Waals surface area contributed by atoms with E-state index in [2.05, 4.69) is 36.3 Å². The Bertz CT molecular complexity index is 1030. The quantitative estimate of drug-likeness (QED) is 0.525. The number of anilines is 1. The van der Waals surface area contributed by atoms with Gasteiger partial charge in [0.25, 0.3) is 5.91 Å². The van der Waals surface area contributed by atoms with Crippen molar-refractivity contribution in [1.29, 1.82) is 0 Å². The number of hydrogen-bond donors (Lipinski definition) is 1. The predicted octanol–water partition coefficient (Wildman–Crippen LogP) is 4.41. The van der Waals surface area contributed by atoms with Crippen molar-refractivity contribution in [3.8, 4) is 16.4 Å². The van der Waals surface area contributed by atoms with Crippen LogP contribution in [-0.4, -0.2) is 25.7 Å². The van der Waals surface area contributed by atoms with Gasteiger partial charge >= 0.3 is 0 Å². The summed E-state index contributed by atoms with van der Waals surface area (Å²) < 4.78 is 2.51. The minimum Gasteiger partial charge on any atom is -0.304 e. The molecule has 0 unspecified atom stereocenters. The Hall–Kier alpha value is -2.84. The average Bonchev–Trinajstić information content (AvgIpc) is 3.34. The number of hydrogen-bond acceptors (Lipinski definition) is 5. The van der Waals surface area contributed by atoms with Gasteiger partial charge in [-0.3, -0.25) is 4.79 Å². The lowest BCUT2D eigenvalue weighted by Gasteiger charge is -2.03. The first-order valence-electron chi connectivity index (χ1n) is 7.70. The van der Waals surface area contributed by atoms with Crippen molar-refractivity contribution in [2.45, 2.75) is 0 Å². The molecule has 3 aromatic heterocycles. The van der Waals surface area contributed by atoms with Crippen molar-refractivity contribution in [3.05, 3.63) is 76.5 Å². The van der Waals surface area contributed by atoms with Crippen LogP contribution < -0.4 is 5.32 Å². The smallest absolute Gasteiger partial charge is 0.296 e. The maximum Gasteiger partial charge on any atom is 0.296 e. The number of pyridine rings is 1. The van der Waals surface area contributed by atoms with Crippen LogP contribution in [0.2, 0.25) is 0 Å². The number of carbonyl (C=O) groups excluding carboxylic acids is 1. The summed E-state index contributed by atoms with van der Waals surface area (Å²) in [7, 11) is 0. The van der Waals surface area contributed by atoms with Crippen molar-refractivity contribution in [2.24, 2.45) is 0 Å². The molecule has 128 valence electrons. The van der Waals surface area contributed by atoms with Crippen LogP contribution in [0.25, 0.3) is 16.4 Å². The Balaban J connectivity index is 1.71. The van der Waals surface area contributed by atoms with Crippen molar-refractivity contribution >= 4 is 39.0 Å². The summed E-state index contributed by atoms with van der Waals surface area (Å²) in [6, 6.07) is 17.0. The van der Waals surface area contributed by atoms with Crippen LogP contribution in [0, 0.1) is 0 Å². The van der Waals surface area contributed by atoms with E-state index < -0.39 is 5.91 Å². The molecule has 0 saturated carbocycles. The zero-order valence-corrected chi connectivity index (χ0v) is 15.7. The van der Waals surface area contributed by atoms with Gasteiger partial charge in [-0.25, -0.2) is 14.6 Å². The molecule has 0 spiro atoms. The molecule has 0 aliphatic rings. The Kier molecular flexibility index (Phi) is 4.59. The number of thiophene rings is 1. The molecule has 0 fully saturated rings. The molecular formula is C18H12BrN5OS. The largest absolute Gasteiger partial charge is 0.304 e. The van der Waals surface area contributed by atoms with Crippen LogP contribution >= 0.6 is 27.3 Å². The molecule has 0 atom stereocenters. The minimum atomic E-state index is -0.410. The highest BCUT2D eigenvalue weighted by molar-refractivity contribution is 9.10. The number of para-hydroxylation sites is 1. The fourth-order valence-electron chi connectivity index (χ4n) is 2.34. The van der Waals surface area contributed by atoms with E-state index in [1.807, 2.05) is 47.8 Å². The van der Waals surface area contributed by atoms with Crippen molar-refractivity contribution in [1.82, 2.24) is 19.7 Å². The molecule has 1 amide bonds. The van der Waals surface area contributed by atoms with Crippen LogP contribution in [0.15, 0.2) is 70.6 Å². The van der Waals surface area contributed by atoms with Crippen LogP contribution in [0.5, 0.6) is 0 Å². The highest BCUT2D eigenvalue weighted by Gasteiger charge is 2.19. The standard InChI is InChI=1S/C18H12BrN5OS/c19-12-8-9-15(20-11-12)21-18(25)16-22-17(14-7-4-10-26-14)24(23-16)13-5-2-1-3-6-13/h1-11H,(H,20,21,25). The van der Waals surface area contributed by atoms with Gasteiger partial charge in [-0.2, -0.15) is 0 Å². The van der Waals surface area contributed by atoms with Gasteiger partial charge in [-0.15, -0.1) is 16.4 Å². The monoisotopic (exact) mass is 425 g/mol. The molecule has 0 radical (unpaired) electrons. The summed E-state index contributed by atoms with van der Waals surface area (Å²) in [5.74, 6) is 0.737. The van der Waals surface area contributed by atoms with Crippen LogP contribution in [0.3, 0.4) is 0 Å².